The second-order valence-electron chi connectivity index (χ2n) is 5.38. The van der Waals surface area contributed by atoms with E-state index in [0.717, 1.165) is 43.8 Å². The Kier molecular flexibility index (Phi) is 4.62. The van der Waals surface area contributed by atoms with E-state index in [-0.39, 0.29) is 5.92 Å². The van der Waals surface area contributed by atoms with Crippen molar-refractivity contribution in [2.24, 2.45) is 0 Å². The number of hydrogen-bond donors (Lipinski definition) is 1. The third-order valence-electron chi connectivity index (χ3n) is 3.86. The minimum atomic E-state index is 0.265. The van der Waals surface area contributed by atoms with Crippen LogP contribution in [-0.2, 0) is 11.2 Å². The smallest absolute Gasteiger partial charge is 0.258 e. The molecule has 21 heavy (non-hydrogen) atoms. The van der Waals surface area contributed by atoms with Gasteiger partial charge in [-0.1, -0.05) is 23.4 Å². The molecule has 0 radical (unpaired) electrons. The van der Waals surface area contributed by atoms with E-state index in [9.17, 15) is 0 Å². The summed E-state index contributed by atoms with van der Waals surface area (Å²) in [5, 5.41) is 7.32. The van der Waals surface area contributed by atoms with Gasteiger partial charge in [0, 0.05) is 18.1 Å². The fraction of sp³-hybridized carbons (Fsp3) is 0.500. The summed E-state index contributed by atoms with van der Waals surface area (Å²) in [6, 6.07) is 8.20. The molecule has 2 aromatic rings. The van der Waals surface area contributed by atoms with Gasteiger partial charge in [0.05, 0.1) is 6.61 Å². The predicted octanol–water partition coefficient (Wildman–Crippen LogP) is 2.39. The SMILES string of the molecule is CNCCc1ccccc1-c1nc(C2CCCOC2)no1. The molecule has 1 atom stereocenters. The number of nitrogens with one attached hydrogen (secondary N) is 1. The molecule has 112 valence electrons. The Morgan fingerprint density at radius 1 is 1.33 bits per heavy atom. The molecule has 1 aliphatic rings. The second-order valence-corrected chi connectivity index (χ2v) is 5.38. The number of ether oxygens (including phenoxy) is 1. The third kappa shape index (κ3) is 3.31. The van der Waals surface area contributed by atoms with Crippen LogP contribution in [0, 0.1) is 0 Å². The van der Waals surface area contributed by atoms with Crippen molar-refractivity contribution in [2.45, 2.75) is 25.2 Å². The first-order valence-corrected chi connectivity index (χ1v) is 7.52. The normalized spacial score (nSPS) is 18.8. The molecule has 0 saturated carbocycles. The number of aromatic nitrogens is 2. The molecule has 1 fully saturated rings. The zero-order chi connectivity index (χ0) is 14.5. The Labute approximate surface area is 124 Å². The van der Waals surface area contributed by atoms with Crippen LogP contribution in [0.4, 0.5) is 0 Å². The quantitative estimate of drug-likeness (QED) is 0.915. The third-order valence-corrected chi connectivity index (χ3v) is 3.86. The maximum absolute atomic E-state index is 5.50. The maximum Gasteiger partial charge on any atom is 0.258 e. The number of benzene rings is 1. The Morgan fingerprint density at radius 2 is 2.24 bits per heavy atom. The van der Waals surface area contributed by atoms with Crippen LogP contribution < -0.4 is 5.32 Å². The summed E-state index contributed by atoms with van der Waals surface area (Å²) in [7, 11) is 1.95. The summed E-state index contributed by atoms with van der Waals surface area (Å²) in [6.07, 6.45) is 3.07. The number of hydrogen-bond acceptors (Lipinski definition) is 5. The van der Waals surface area contributed by atoms with Gasteiger partial charge >= 0.3 is 0 Å². The topological polar surface area (TPSA) is 60.2 Å². The first-order valence-electron chi connectivity index (χ1n) is 7.52. The Bertz CT molecular complexity index is 576. The van der Waals surface area contributed by atoms with Crippen molar-refractivity contribution in [3.8, 4) is 11.5 Å². The van der Waals surface area contributed by atoms with Crippen LogP contribution in [0.15, 0.2) is 28.8 Å². The van der Waals surface area contributed by atoms with Crippen LogP contribution in [-0.4, -0.2) is 36.9 Å². The monoisotopic (exact) mass is 287 g/mol. The van der Waals surface area contributed by atoms with E-state index in [2.05, 4.69) is 21.5 Å². The van der Waals surface area contributed by atoms with Crippen molar-refractivity contribution in [3.05, 3.63) is 35.7 Å². The lowest BCUT2D eigenvalue weighted by molar-refractivity contribution is 0.0773. The molecule has 0 aliphatic carbocycles. The van der Waals surface area contributed by atoms with E-state index in [1.54, 1.807) is 0 Å². The highest BCUT2D eigenvalue weighted by atomic mass is 16.5. The van der Waals surface area contributed by atoms with Crippen LogP contribution in [0.2, 0.25) is 0 Å². The van der Waals surface area contributed by atoms with Crippen molar-refractivity contribution in [1.82, 2.24) is 15.5 Å². The van der Waals surface area contributed by atoms with Crippen molar-refractivity contribution in [3.63, 3.8) is 0 Å². The van der Waals surface area contributed by atoms with Crippen LogP contribution in [0.25, 0.3) is 11.5 Å². The highest BCUT2D eigenvalue weighted by molar-refractivity contribution is 5.58. The Balaban J connectivity index is 1.82. The van der Waals surface area contributed by atoms with Crippen molar-refractivity contribution >= 4 is 0 Å². The molecule has 0 spiro atoms. The van der Waals surface area contributed by atoms with Crippen molar-refractivity contribution < 1.29 is 9.26 Å². The fourth-order valence-corrected chi connectivity index (χ4v) is 2.66. The summed E-state index contributed by atoms with van der Waals surface area (Å²) in [5.74, 6) is 1.65. The molecule has 3 rings (SSSR count). The molecule has 5 heteroatoms. The summed E-state index contributed by atoms with van der Waals surface area (Å²) >= 11 is 0. The summed E-state index contributed by atoms with van der Waals surface area (Å²) in [5.41, 5.74) is 2.25. The Hall–Kier alpha value is -1.72. The standard InChI is InChI=1S/C16H21N3O2/c1-17-9-8-12-5-2-3-7-14(12)16-18-15(19-21-16)13-6-4-10-20-11-13/h2-3,5,7,13,17H,4,6,8-11H2,1H3. The lowest BCUT2D eigenvalue weighted by Gasteiger charge is -2.18. The van der Waals surface area contributed by atoms with Gasteiger partial charge in [-0.25, -0.2) is 0 Å². The van der Waals surface area contributed by atoms with Crippen LogP contribution in [0.5, 0.6) is 0 Å². The maximum atomic E-state index is 5.50. The van der Waals surface area contributed by atoms with E-state index in [0.29, 0.717) is 12.5 Å². The molecule has 1 unspecified atom stereocenters. The molecule has 2 heterocycles. The molecular weight excluding hydrogens is 266 g/mol. The van der Waals surface area contributed by atoms with Gasteiger partial charge in [-0.2, -0.15) is 4.98 Å². The predicted molar refractivity (Wildman–Crippen MR) is 80.2 cm³/mol. The van der Waals surface area contributed by atoms with E-state index in [1.165, 1.54) is 5.56 Å². The van der Waals surface area contributed by atoms with Crippen LogP contribution >= 0.6 is 0 Å². The minimum absolute atomic E-state index is 0.265. The summed E-state index contributed by atoms with van der Waals surface area (Å²) in [4.78, 5) is 4.59. The fourth-order valence-electron chi connectivity index (χ4n) is 2.66. The largest absolute Gasteiger partial charge is 0.381 e. The molecule has 0 amide bonds. The van der Waals surface area contributed by atoms with E-state index >= 15 is 0 Å². The first-order chi connectivity index (χ1) is 10.4. The van der Waals surface area contributed by atoms with Gasteiger partial charge in [0.2, 0.25) is 0 Å². The lowest BCUT2D eigenvalue weighted by Crippen LogP contribution is -2.16. The molecule has 1 saturated heterocycles. The van der Waals surface area contributed by atoms with Crippen molar-refractivity contribution in [2.75, 3.05) is 26.8 Å². The lowest BCUT2D eigenvalue weighted by atomic mass is 10.0. The van der Waals surface area contributed by atoms with E-state index in [1.807, 2.05) is 25.2 Å². The molecule has 1 N–H and O–H groups in total. The first kappa shape index (κ1) is 14.2. The van der Waals surface area contributed by atoms with Gasteiger partial charge in [-0.3, -0.25) is 0 Å². The van der Waals surface area contributed by atoms with Gasteiger partial charge in [-0.05, 0) is 44.5 Å². The highest BCUT2D eigenvalue weighted by Crippen LogP contribution is 2.27. The second kappa shape index (κ2) is 6.83. The highest BCUT2D eigenvalue weighted by Gasteiger charge is 2.22. The molecule has 1 aromatic carbocycles. The molecule has 1 aromatic heterocycles. The minimum Gasteiger partial charge on any atom is -0.381 e. The number of likely N-dealkylation sites (N-methyl/N-ethyl adjacent to an activating group) is 1. The Morgan fingerprint density at radius 3 is 3.05 bits per heavy atom. The van der Waals surface area contributed by atoms with Gasteiger partial charge in [-0.15, -0.1) is 0 Å². The number of rotatable bonds is 5. The average molecular weight is 287 g/mol. The average Bonchev–Trinajstić information content (AvgIpc) is 3.04. The van der Waals surface area contributed by atoms with Crippen LogP contribution in [0.3, 0.4) is 0 Å². The van der Waals surface area contributed by atoms with E-state index in [4.69, 9.17) is 9.26 Å². The summed E-state index contributed by atoms with van der Waals surface area (Å²) < 4.78 is 11.0. The van der Waals surface area contributed by atoms with Crippen molar-refractivity contribution in [1.29, 1.82) is 0 Å². The summed E-state index contributed by atoms with van der Waals surface area (Å²) in [6.45, 7) is 2.46. The molecule has 0 bridgehead atoms. The van der Waals surface area contributed by atoms with Crippen LogP contribution in [0.1, 0.15) is 30.1 Å². The van der Waals surface area contributed by atoms with Gasteiger partial charge < -0.3 is 14.6 Å². The number of nitrogens with zero attached hydrogens (tertiary/aromatic N) is 2. The van der Waals surface area contributed by atoms with Gasteiger partial charge in [0.15, 0.2) is 5.82 Å². The molecule has 5 nitrogen and oxygen atoms in total. The molecular formula is C16H21N3O2. The van der Waals surface area contributed by atoms with Gasteiger partial charge in [0.25, 0.3) is 5.89 Å². The zero-order valence-corrected chi connectivity index (χ0v) is 12.3. The van der Waals surface area contributed by atoms with Gasteiger partial charge in [0.1, 0.15) is 0 Å². The molecule has 1 aliphatic heterocycles. The van der Waals surface area contributed by atoms with E-state index < -0.39 is 0 Å². The zero-order valence-electron chi connectivity index (χ0n) is 12.3.